The average Bonchev–Trinajstić information content (AvgIpc) is 2.87. The van der Waals surface area contributed by atoms with E-state index in [1.165, 1.54) is 45.2 Å². The van der Waals surface area contributed by atoms with Crippen molar-refractivity contribution < 1.29 is 4.74 Å². The molecule has 3 atom stereocenters. The second-order valence-corrected chi connectivity index (χ2v) is 7.73. The van der Waals surface area contributed by atoms with Crippen molar-refractivity contribution in [2.75, 3.05) is 33.4 Å². The van der Waals surface area contributed by atoms with Gasteiger partial charge in [0.15, 0.2) is 0 Å². The summed E-state index contributed by atoms with van der Waals surface area (Å²) in [6.45, 7) is 11.7. The molecule has 2 rings (SSSR count). The Morgan fingerprint density at radius 2 is 2.10 bits per heavy atom. The monoisotopic (exact) mass is 282 g/mol. The Kier molecular flexibility index (Phi) is 5.88. The van der Waals surface area contributed by atoms with E-state index in [-0.39, 0.29) is 0 Å². The fourth-order valence-corrected chi connectivity index (χ4v) is 4.27. The molecule has 0 bridgehead atoms. The topological polar surface area (TPSA) is 24.5 Å². The minimum absolute atomic E-state index is 0.536. The summed E-state index contributed by atoms with van der Waals surface area (Å²) in [4.78, 5) is 2.71. The Bertz CT molecular complexity index is 287. The van der Waals surface area contributed by atoms with Gasteiger partial charge in [-0.25, -0.2) is 0 Å². The molecule has 1 N–H and O–H groups in total. The van der Waals surface area contributed by atoms with Crippen molar-refractivity contribution >= 4 is 0 Å². The lowest BCUT2D eigenvalue weighted by Crippen LogP contribution is -2.50. The Hall–Kier alpha value is -0.120. The molecule has 0 aromatic carbocycles. The normalized spacial score (nSPS) is 33.8. The number of hydrogen-bond donors (Lipinski definition) is 1. The molecule has 2 aliphatic rings. The van der Waals surface area contributed by atoms with E-state index in [9.17, 15) is 0 Å². The van der Waals surface area contributed by atoms with Crippen LogP contribution in [0.2, 0.25) is 0 Å². The van der Waals surface area contributed by atoms with Crippen molar-refractivity contribution in [3.8, 4) is 0 Å². The molecular weight excluding hydrogens is 248 g/mol. The molecule has 1 saturated carbocycles. The quantitative estimate of drug-likeness (QED) is 0.811. The summed E-state index contributed by atoms with van der Waals surface area (Å²) in [6.07, 6.45) is 6.76. The first-order valence-electron chi connectivity index (χ1n) is 8.48. The Morgan fingerprint density at radius 1 is 1.30 bits per heavy atom. The van der Waals surface area contributed by atoms with Crippen LogP contribution in [0.15, 0.2) is 0 Å². The van der Waals surface area contributed by atoms with Gasteiger partial charge in [0.25, 0.3) is 0 Å². The first-order chi connectivity index (χ1) is 9.52. The Labute approximate surface area is 125 Å². The van der Waals surface area contributed by atoms with E-state index in [2.05, 4.69) is 31.0 Å². The van der Waals surface area contributed by atoms with Crippen molar-refractivity contribution in [2.24, 2.45) is 11.3 Å². The molecule has 0 aromatic rings. The van der Waals surface area contributed by atoms with Crippen LogP contribution < -0.4 is 5.32 Å². The molecule has 1 heterocycles. The highest BCUT2D eigenvalue weighted by molar-refractivity contribution is 4.90. The molecule has 0 radical (unpaired) electrons. The van der Waals surface area contributed by atoms with E-state index in [0.29, 0.717) is 11.5 Å². The fraction of sp³-hybridized carbons (Fsp3) is 1.00. The molecule has 1 aliphatic carbocycles. The second kappa shape index (κ2) is 7.24. The van der Waals surface area contributed by atoms with Gasteiger partial charge < -0.3 is 10.1 Å². The minimum atomic E-state index is 0.536. The third-order valence-electron chi connectivity index (χ3n) is 5.32. The molecule has 118 valence electrons. The van der Waals surface area contributed by atoms with Gasteiger partial charge in [0.2, 0.25) is 0 Å². The third-order valence-corrected chi connectivity index (χ3v) is 5.32. The fourth-order valence-electron chi connectivity index (χ4n) is 4.27. The lowest BCUT2D eigenvalue weighted by atomic mass is 9.70. The van der Waals surface area contributed by atoms with Gasteiger partial charge in [-0.15, -0.1) is 0 Å². The van der Waals surface area contributed by atoms with Gasteiger partial charge in [-0.2, -0.15) is 0 Å². The van der Waals surface area contributed by atoms with E-state index >= 15 is 0 Å². The smallest absolute Gasteiger partial charge is 0.0589 e. The van der Waals surface area contributed by atoms with E-state index in [4.69, 9.17) is 4.74 Å². The van der Waals surface area contributed by atoms with Crippen molar-refractivity contribution in [1.82, 2.24) is 10.2 Å². The maximum atomic E-state index is 5.34. The van der Waals surface area contributed by atoms with Crippen molar-refractivity contribution in [3.05, 3.63) is 0 Å². The number of nitrogens with zero attached hydrogens (tertiary/aromatic N) is 1. The number of methoxy groups -OCH3 is 1. The zero-order valence-electron chi connectivity index (χ0n) is 14.0. The van der Waals surface area contributed by atoms with Gasteiger partial charge >= 0.3 is 0 Å². The van der Waals surface area contributed by atoms with Crippen LogP contribution >= 0.6 is 0 Å². The molecule has 3 unspecified atom stereocenters. The second-order valence-electron chi connectivity index (χ2n) is 7.73. The zero-order valence-corrected chi connectivity index (χ0v) is 14.0. The zero-order chi connectivity index (χ0) is 14.6. The molecule has 3 heteroatoms. The number of ether oxygens (including phenoxy) is 1. The van der Waals surface area contributed by atoms with Gasteiger partial charge in [-0.05, 0) is 50.0 Å². The van der Waals surface area contributed by atoms with Gasteiger partial charge in [0.05, 0.1) is 6.61 Å². The first kappa shape index (κ1) is 16.3. The number of hydrogen-bond acceptors (Lipinski definition) is 3. The van der Waals surface area contributed by atoms with Crippen molar-refractivity contribution in [3.63, 3.8) is 0 Å². The van der Waals surface area contributed by atoms with E-state index < -0.39 is 0 Å². The number of rotatable bonds is 6. The maximum Gasteiger partial charge on any atom is 0.0589 e. The van der Waals surface area contributed by atoms with E-state index in [0.717, 1.165) is 25.1 Å². The highest BCUT2D eigenvalue weighted by Crippen LogP contribution is 2.40. The van der Waals surface area contributed by atoms with Crippen molar-refractivity contribution in [1.29, 1.82) is 0 Å². The summed E-state index contributed by atoms with van der Waals surface area (Å²) in [5, 5.41) is 3.65. The van der Waals surface area contributed by atoms with Gasteiger partial charge in [0.1, 0.15) is 0 Å². The lowest BCUT2D eigenvalue weighted by molar-refractivity contribution is 0.0376. The lowest BCUT2D eigenvalue weighted by Gasteiger charge is -2.45. The maximum absolute atomic E-state index is 5.34. The third kappa shape index (κ3) is 4.44. The molecule has 1 saturated heterocycles. The van der Waals surface area contributed by atoms with Crippen LogP contribution in [0.1, 0.15) is 52.9 Å². The van der Waals surface area contributed by atoms with Gasteiger partial charge in [0, 0.05) is 32.3 Å². The van der Waals surface area contributed by atoms with Gasteiger partial charge in [-0.3, -0.25) is 4.90 Å². The van der Waals surface area contributed by atoms with Crippen LogP contribution in [-0.4, -0.2) is 50.3 Å². The van der Waals surface area contributed by atoms with Gasteiger partial charge in [-0.1, -0.05) is 20.8 Å². The summed E-state index contributed by atoms with van der Waals surface area (Å²) in [6, 6.07) is 1.45. The molecule has 2 fully saturated rings. The molecular formula is C17H34N2O. The SMILES string of the molecule is COCCN(CC1CCCN1)C1CCC(C)(C)CC1C. The Morgan fingerprint density at radius 3 is 2.70 bits per heavy atom. The predicted molar refractivity (Wildman–Crippen MR) is 85.1 cm³/mol. The summed E-state index contributed by atoms with van der Waals surface area (Å²) in [5.74, 6) is 0.803. The molecule has 0 spiro atoms. The number of nitrogens with one attached hydrogen (secondary N) is 1. The molecule has 3 nitrogen and oxygen atoms in total. The highest BCUT2D eigenvalue weighted by Gasteiger charge is 2.36. The predicted octanol–water partition coefficient (Wildman–Crippen LogP) is 2.90. The highest BCUT2D eigenvalue weighted by atomic mass is 16.5. The van der Waals surface area contributed by atoms with Crippen LogP contribution in [-0.2, 0) is 4.74 Å². The van der Waals surface area contributed by atoms with Crippen LogP contribution in [0, 0.1) is 11.3 Å². The van der Waals surface area contributed by atoms with Crippen molar-refractivity contribution in [2.45, 2.75) is 65.0 Å². The van der Waals surface area contributed by atoms with E-state index in [1.54, 1.807) is 0 Å². The summed E-state index contributed by atoms with van der Waals surface area (Å²) >= 11 is 0. The van der Waals surface area contributed by atoms with Crippen LogP contribution in [0.4, 0.5) is 0 Å². The first-order valence-corrected chi connectivity index (χ1v) is 8.48. The summed E-state index contributed by atoms with van der Waals surface area (Å²) < 4.78 is 5.34. The minimum Gasteiger partial charge on any atom is -0.383 e. The Balaban J connectivity index is 1.94. The summed E-state index contributed by atoms with van der Waals surface area (Å²) in [5.41, 5.74) is 0.536. The van der Waals surface area contributed by atoms with Crippen LogP contribution in [0.3, 0.4) is 0 Å². The van der Waals surface area contributed by atoms with Crippen LogP contribution in [0.25, 0.3) is 0 Å². The van der Waals surface area contributed by atoms with E-state index in [1.807, 2.05) is 7.11 Å². The molecule has 0 aromatic heterocycles. The standard InChI is InChI=1S/C17H34N2O/c1-14-12-17(2,3)8-7-16(14)19(10-11-20-4)13-15-6-5-9-18-15/h14-16,18H,5-13H2,1-4H3. The van der Waals surface area contributed by atoms with Crippen LogP contribution in [0.5, 0.6) is 0 Å². The average molecular weight is 282 g/mol. The molecule has 0 amide bonds. The molecule has 1 aliphatic heterocycles. The largest absolute Gasteiger partial charge is 0.383 e. The molecule has 20 heavy (non-hydrogen) atoms. The summed E-state index contributed by atoms with van der Waals surface area (Å²) in [7, 11) is 1.82.